The zero-order valence-electron chi connectivity index (χ0n) is 33.3. The summed E-state index contributed by atoms with van der Waals surface area (Å²) in [6.07, 6.45) is 13.9. The molecule has 2 heteroatoms. The Kier molecular flexibility index (Phi) is 10.8. The summed E-state index contributed by atoms with van der Waals surface area (Å²) in [4.78, 5) is 2.22. The van der Waals surface area contributed by atoms with Gasteiger partial charge in [-0.15, -0.1) is 0 Å². The first-order chi connectivity index (χ1) is 29.6. The fourth-order valence-corrected chi connectivity index (χ4v) is 7.68. The second-order valence-corrected chi connectivity index (χ2v) is 14.7. The quantitative estimate of drug-likeness (QED) is 0.128. The maximum Gasteiger partial charge on any atom is 0.135 e. The van der Waals surface area contributed by atoms with Crippen LogP contribution in [0.2, 0.25) is 0 Å². The average Bonchev–Trinajstić information content (AvgIpc) is 3.31. The highest BCUT2D eigenvalue weighted by Crippen LogP contribution is 2.37. The summed E-state index contributed by atoms with van der Waals surface area (Å²) in [7, 11) is 0. The smallest absolute Gasteiger partial charge is 0.135 e. The SMILES string of the molecule is C=C/C=C(\C=C/N(c1ccc(-c2cc(-c3ccccc3)cc(-c3ccccc3)c2)cc1)c1ccc(-c2ccc3ccccc3c2)cc1)C1=C/C=C\C(=C)c2ccccc2O\1. The van der Waals surface area contributed by atoms with E-state index in [1.54, 1.807) is 6.08 Å². The van der Waals surface area contributed by atoms with Crippen molar-refractivity contribution in [3.63, 3.8) is 0 Å². The molecule has 0 bridgehead atoms. The number of benzene rings is 8. The summed E-state index contributed by atoms with van der Waals surface area (Å²) < 4.78 is 6.57. The summed E-state index contributed by atoms with van der Waals surface area (Å²) >= 11 is 0. The van der Waals surface area contributed by atoms with Gasteiger partial charge in [-0.1, -0.05) is 177 Å². The standard InChI is InChI=1S/C58H43NO/c1-3-15-48(57-25-14-16-42(2)56-23-12-13-24-58(56)60-57)36-37-59(54-32-28-46(29-33-54)50-27-26-45-21-10-11-22-49(45)38-50)55-34-30-47(31-35-55)53-40-51(43-17-6-4-7-18-43)39-52(41-53)44-19-8-5-9-20-44/h3-41H,1-2H2/b16-14-,37-36-,48-15+,57-25-. The molecule has 0 N–H and O–H groups in total. The van der Waals surface area contributed by atoms with Crippen LogP contribution in [0.3, 0.4) is 0 Å². The molecule has 9 rings (SSSR count). The summed E-state index contributed by atoms with van der Waals surface area (Å²) in [5, 5.41) is 2.46. The van der Waals surface area contributed by atoms with E-state index in [9.17, 15) is 0 Å². The first-order valence-corrected chi connectivity index (χ1v) is 20.2. The van der Waals surface area contributed by atoms with Crippen molar-refractivity contribution < 1.29 is 4.74 Å². The predicted molar refractivity (Wildman–Crippen MR) is 255 cm³/mol. The van der Waals surface area contributed by atoms with Crippen LogP contribution in [-0.4, -0.2) is 0 Å². The molecule has 0 spiro atoms. The van der Waals surface area contributed by atoms with E-state index >= 15 is 0 Å². The second kappa shape index (κ2) is 17.3. The Labute approximate surface area is 353 Å². The third kappa shape index (κ3) is 8.22. The van der Waals surface area contributed by atoms with Crippen LogP contribution in [0, 0.1) is 0 Å². The number of rotatable bonds is 10. The molecule has 0 fully saturated rings. The highest BCUT2D eigenvalue weighted by Gasteiger charge is 2.15. The van der Waals surface area contributed by atoms with Crippen molar-refractivity contribution in [3.8, 4) is 50.3 Å². The van der Waals surface area contributed by atoms with E-state index in [-0.39, 0.29) is 0 Å². The average molecular weight is 770 g/mol. The van der Waals surface area contributed by atoms with Gasteiger partial charge in [0.15, 0.2) is 0 Å². The fourth-order valence-electron chi connectivity index (χ4n) is 7.68. The molecule has 60 heavy (non-hydrogen) atoms. The van der Waals surface area contributed by atoms with Crippen LogP contribution < -0.4 is 9.64 Å². The van der Waals surface area contributed by atoms with E-state index in [0.717, 1.165) is 50.5 Å². The van der Waals surface area contributed by atoms with Crippen molar-refractivity contribution >= 4 is 27.7 Å². The lowest BCUT2D eigenvalue weighted by atomic mass is 9.93. The molecule has 0 atom stereocenters. The Hall–Kier alpha value is -7.94. The van der Waals surface area contributed by atoms with Gasteiger partial charge in [-0.3, -0.25) is 0 Å². The number of anilines is 2. The minimum absolute atomic E-state index is 0.705. The zero-order chi connectivity index (χ0) is 40.7. The topological polar surface area (TPSA) is 12.5 Å². The number of nitrogens with zero attached hydrogens (tertiary/aromatic N) is 1. The number of hydrogen-bond acceptors (Lipinski definition) is 2. The van der Waals surface area contributed by atoms with Gasteiger partial charge in [0.2, 0.25) is 0 Å². The lowest BCUT2D eigenvalue weighted by Gasteiger charge is -2.23. The fraction of sp³-hybridized carbons (Fsp3) is 0. The van der Waals surface area contributed by atoms with Gasteiger partial charge in [-0.2, -0.15) is 0 Å². The van der Waals surface area contributed by atoms with Crippen molar-refractivity contribution in [2.24, 2.45) is 0 Å². The molecule has 1 aliphatic rings. The Morgan fingerprint density at radius 3 is 1.62 bits per heavy atom. The molecule has 1 heterocycles. The maximum absolute atomic E-state index is 6.57. The van der Waals surface area contributed by atoms with Crippen LogP contribution in [0.4, 0.5) is 11.4 Å². The number of para-hydroxylation sites is 1. The van der Waals surface area contributed by atoms with Crippen LogP contribution in [0.25, 0.3) is 60.9 Å². The molecule has 0 aromatic heterocycles. The lowest BCUT2D eigenvalue weighted by Crippen LogP contribution is -2.09. The molecule has 0 unspecified atom stereocenters. The molecular formula is C58H43NO. The molecule has 0 saturated heterocycles. The molecular weight excluding hydrogens is 727 g/mol. The van der Waals surface area contributed by atoms with Gasteiger partial charge >= 0.3 is 0 Å². The van der Waals surface area contributed by atoms with Gasteiger partial charge in [0, 0.05) is 28.7 Å². The van der Waals surface area contributed by atoms with Crippen molar-refractivity contribution in [2.45, 2.75) is 0 Å². The third-order valence-corrected chi connectivity index (χ3v) is 10.8. The van der Waals surface area contributed by atoms with Crippen molar-refractivity contribution in [2.75, 3.05) is 4.90 Å². The highest BCUT2D eigenvalue weighted by molar-refractivity contribution is 5.88. The molecule has 0 radical (unpaired) electrons. The summed E-state index contributed by atoms with van der Waals surface area (Å²) in [6, 6.07) is 68.8. The van der Waals surface area contributed by atoms with Crippen molar-refractivity contribution in [1.29, 1.82) is 0 Å². The Balaban J connectivity index is 1.10. The van der Waals surface area contributed by atoms with Gasteiger partial charge in [0.05, 0.1) is 0 Å². The van der Waals surface area contributed by atoms with Crippen LogP contribution in [0.5, 0.6) is 5.75 Å². The lowest BCUT2D eigenvalue weighted by molar-refractivity contribution is 0.437. The molecule has 0 aliphatic carbocycles. The predicted octanol–water partition coefficient (Wildman–Crippen LogP) is 15.8. The minimum atomic E-state index is 0.705. The minimum Gasteiger partial charge on any atom is -0.456 e. The molecule has 286 valence electrons. The number of hydrogen-bond donors (Lipinski definition) is 0. The highest BCUT2D eigenvalue weighted by atomic mass is 16.5. The Bertz CT molecular complexity index is 2890. The zero-order valence-corrected chi connectivity index (χ0v) is 33.3. The van der Waals surface area contributed by atoms with Crippen LogP contribution >= 0.6 is 0 Å². The van der Waals surface area contributed by atoms with E-state index in [1.807, 2.05) is 48.6 Å². The van der Waals surface area contributed by atoms with E-state index in [2.05, 4.69) is 200 Å². The van der Waals surface area contributed by atoms with Gasteiger partial charge in [-0.25, -0.2) is 0 Å². The molecule has 0 amide bonds. The van der Waals surface area contributed by atoms with Crippen LogP contribution in [0.1, 0.15) is 5.56 Å². The Morgan fingerprint density at radius 1 is 0.483 bits per heavy atom. The summed E-state index contributed by atoms with van der Waals surface area (Å²) in [5.41, 5.74) is 14.1. The van der Waals surface area contributed by atoms with Crippen molar-refractivity contribution in [1.82, 2.24) is 0 Å². The Morgan fingerprint density at radius 2 is 1.00 bits per heavy atom. The van der Waals surface area contributed by atoms with Gasteiger partial charge in [-0.05, 0) is 128 Å². The van der Waals surface area contributed by atoms with Gasteiger partial charge in [0.1, 0.15) is 11.5 Å². The normalized spacial score (nSPS) is 14.0. The van der Waals surface area contributed by atoms with E-state index in [1.165, 1.54) is 38.6 Å². The van der Waals surface area contributed by atoms with Crippen LogP contribution in [-0.2, 0) is 0 Å². The van der Waals surface area contributed by atoms with E-state index < -0.39 is 0 Å². The number of fused-ring (bicyclic) bond motifs is 2. The van der Waals surface area contributed by atoms with Crippen molar-refractivity contribution in [3.05, 3.63) is 267 Å². The largest absolute Gasteiger partial charge is 0.456 e. The first-order valence-electron chi connectivity index (χ1n) is 20.2. The monoisotopic (exact) mass is 769 g/mol. The van der Waals surface area contributed by atoms with Crippen LogP contribution in [0.15, 0.2) is 261 Å². The third-order valence-electron chi connectivity index (χ3n) is 10.8. The molecule has 0 saturated carbocycles. The van der Waals surface area contributed by atoms with E-state index in [0.29, 0.717) is 5.76 Å². The first kappa shape index (κ1) is 37.6. The molecule has 2 nitrogen and oxygen atoms in total. The van der Waals surface area contributed by atoms with Gasteiger partial charge < -0.3 is 9.64 Å². The summed E-state index contributed by atoms with van der Waals surface area (Å²) in [5.74, 6) is 1.46. The summed E-state index contributed by atoms with van der Waals surface area (Å²) in [6.45, 7) is 8.29. The molecule has 8 aromatic carbocycles. The number of ether oxygens (including phenoxy) is 1. The van der Waals surface area contributed by atoms with Gasteiger partial charge in [0.25, 0.3) is 0 Å². The van der Waals surface area contributed by atoms with E-state index in [4.69, 9.17) is 4.74 Å². The second-order valence-electron chi connectivity index (χ2n) is 14.7. The molecule has 1 aliphatic heterocycles. The molecule has 8 aromatic rings. The number of allylic oxidation sites excluding steroid dienone is 7. The maximum atomic E-state index is 6.57.